The largest absolute Gasteiger partial charge is 0.768 e. The van der Waals surface area contributed by atoms with E-state index in [9.17, 15) is 26.7 Å². The Morgan fingerprint density at radius 2 is 1.94 bits per heavy atom. The van der Waals surface area contributed by atoms with Gasteiger partial charge in [-0.1, -0.05) is 17.7 Å². The average molecular weight is 519 g/mol. The zero-order valence-electron chi connectivity index (χ0n) is 16.6. The summed E-state index contributed by atoms with van der Waals surface area (Å²) in [5, 5.41) is 1.88. The average Bonchev–Trinajstić information content (AvgIpc) is 3.38. The molecule has 0 bridgehead atoms. The molecule has 33 heavy (non-hydrogen) atoms. The second kappa shape index (κ2) is 10.5. The molecule has 176 valence electrons. The number of alkyl halides is 3. The first-order valence-corrected chi connectivity index (χ1v) is 11.6. The van der Waals surface area contributed by atoms with Crippen LogP contribution in [0, 0.1) is 0 Å². The summed E-state index contributed by atoms with van der Waals surface area (Å²) >= 11 is 4.86. The van der Waals surface area contributed by atoms with E-state index in [2.05, 4.69) is 4.98 Å². The zero-order chi connectivity index (χ0) is 24.2. The molecule has 2 heterocycles. The van der Waals surface area contributed by atoms with Gasteiger partial charge in [0.05, 0.1) is 10.6 Å². The Hall–Kier alpha value is -2.67. The number of nitrogens with zero attached hydrogens (tertiary/aromatic N) is 2. The van der Waals surface area contributed by atoms with Gasteiger partial charge < -0.3 is 19.9 Å². The topological polar surface area (TPSA) is 109 Å². The molecule has 1 amide bonds. The molecule has 2 N–H and O–H groups in total. The highest BCUT2D eigenvalue weighted by atomic mass is 35.5. The standard InChI is InChI=1S/C17H13ClF3NO4S.C3H4N2S/c18-15-12(17(19,20)21)2-1-3-13(15)26-14-8-9-22(16(14)23)10-4-6-11(7-5-10)27(24)25;4-3-5-1-2-6-3/h1-7,14H,8-9H2,(H,24,25);1-2H,(H2,4,5)/p-1. The van der Waals surface area contributed by atoms with Crippen LogP contribution in [0.25, 0.3) is 0 Å². The van der Waals surface area contributed by atoms with Crippen molar-refractivity contribution in [2.75, 3.05) is 17.2 Å². The van der Waals surface area contributed by atoms with E-state index in [4.69, 9.17) is 22.1 Å². The van der Waals surface area contributed by atoms with Gasteiger partial charge in [-0.25, -0.2) is 4.98 Å². The van der Waals surface area contributed by atoms with Crippen LogP contribution in [-0.4, -0.2) is 32.3 Å². The number of hydrogen-bond donors (Lipinski definition) is 1. The third-order valence-corrected chi connectivity index (χ3v) is 6.14. The summed E-state index contributed by atoms with van der Waals surface area (Å²) in [6.07, 6.45) is -3.69. The van der Waals surface area contributed by atoms with Crippen LogP contribution in [0.5, 0.6) is 5.75 Å². The molecular formula is C20H16ClF3N3O4S2-. The van der Waals surface area contributed by atoms with Crippen molar-refractivity contribution in [3.8, 4) is 5.75 Å². The van der Waals surface area contributed by atoms with Crippen LogP contribution in [0.15, 0.2) is 58.9 Å². The number of anilines is 2. The zero-order valence-corrected chi connectivity index (χ0v) is 19.0. The van der Waals surface area contributed by atoms with Gasteiger partial charge in [0.15, 0.2) is 11.2 Å². The molecule has 0 aliphatic carbocycles. The SMILES string of the molecule is Nc1nccs1.O=C1C(Oc2cccc(C(F)(F)F)c2Cl)CCN1c1ccc(S(=O)[O-])cc1. The fourth-order valence-electron chi connectivity index (χ4n) is 2.97. The first-order valence-electron chi connectivity index (χ1n) is 9.26. The van der Waals surface area contributed by atoms with Crippen LogP contribution in [0.4, 0.5) is 24.0 Å². The molecule has 2 atom stereocenters. The molecule has 1 fully saturated rings. The van der Waals surface area contributed by atoms with Crippen molar-refractivity contribution in [3.05, 3.63) is 64.6 Å². The maximum absolute atomic E-state index is 12.9. The molecule has 4 rings (SSSR count). The number of aromatic nitrogens is 1. The van der Waals surface area contributed by atoms with E-state index in [1.165, 1.54) is 46.6 Å². The van der Waals surface area contributed by atoms with E-state index >= 15 is 0 Å². The van der Waals surface area contributed by atoms with Gasteiger partial charge in [0.1, 0.15) is 5.75 Å². The predicted octanol–water partition coefficient (Wildman–Crippen LogP) is 4.51. The number of carbonyl (C=O) groups is 1. The normalized spacial score (nSPS) is 16.8. The van der Waals surface area contributed by atoms with E-state index in [0.29, 0.717) is 10.8 Å². The Morgan fingerprint density at radius 1 is 1.24 bits per heavy atom. The number of amides is 1. The number of rotatable bonds is 4. The monoisotopic (exact) mass is 518 g/mol. The maximum atomic E-state index is 12.9. The molecule has 13 heteroatoms. The highest BCUT2D eigenvalue weighted by Gasteiger charge is 2.37. The molecule has 0 spiro atoms. The van der Waals surface area contributed by atoms with E-state index in [-0.39, 0.29) is 23.6 Å². The van der Waals surface area contributed by atoms with Gasteiger partial charge in [0, 0.05) is 35.1 Å². The Morgan fingerprint density at radius 3 is 2.45 bits per heavy atom. The van der Waals surface area contributed by atoms with Crippen molar-refractivity contribution < 1.29 is 31.5 Å². The fraction of sp³-hybridized carbons (Fsp3) is 0.200. The number of carbonyl (C=O) groups excluding carboxylic acids is 1. The highest BCUT2D eigenvalue weighted by molar-refractivity contribution is 7.79. The van der Waals surface area contributed by atoms with Crippen molar-refractivity contribution in [1.29, 1.82) is 0 Å². The van der Waals surface area contributed by atoms with E-state index in [1.807, 2.05) is 5.38 Å². The molecule has 0 radical (unpaired) electrons. The lowest BCUT2D eigenvalue weighted by molar-refractivity contribution is -0.137. The second-order valence-electron chi connectivity index (χ2n) is 6.60. The molecule has 3 aromatic rings. The van der Waals surface area contributed by atoms with Crippen molar-refractivity contribution in [2.24, 2.45) is 0 Å². The Kier molecular flexibility index (Phi) is 7.95. The minimum absolute atomic E-state index is 0.0777. The summed E-state index contributed by atoms with van der Waals surface area (Å²) < 4.78 is 66.0. The summed E-state index contributed by atoms with van der Waals surface area (Å²) in [6, 6.07) is 8.91. The first-order chi connectivity index (χ1) is 15.6. The van der Waals surface area contributed by atoms with E-state index in [0.717, 1.165) is 12.1 Å². The summed E-state index contributed by atoms with van der Waals surface area (Å²) in [5.41, 5.74) is 4.62. The first kappa shape index (κ1) is 25.0. The fourth-order valence-corrected chi connectivity index (χ4v) is 3.98. The molecule has 1 saturated heterocycles. The molecule has 1 aromatic heterocycles. The molecule has 2 unspecified atom stereocenters. The van der Waals surface area contributed by atoms with Gasteiger partial charge in [-0.2, -0.15) is 13.2 Å². The lowest BCUT2D eigenvalue weighted by atomic mass is 10.2. The lowest BCUT2D eigenvalue weighted by Crippen LogP contribution is -2.32. The van der Waals surface area contributed by atoms with Gasteiger partial charge in [-0.05, 0) is 47.5 Å². The molecule has 1 aliphatic heterocycles. The van der Waals surface area contributed by atoms with Crippen LogP contribution in [0.1, 0.15) is 12.0 Å². The number of nitrogens with two attached hydrogens (primary N) is 1. The number of benzene rings is 2. The second-order valence-corrected chi connectivity index (χ2v) is 8.84. The van der Waals surface area contributed by atoms with Gasteiger partial charge in [-0.3, -0.25) is 9.00 Å². The number of halogens is 4. The molecule has 1 aliphatic rings. The van der Waals surface area contributed by atoms with Gasteiger partial charge in [0.2, 0.25) is 0 Å². The quantitative estimate of drug-likeness (QED) is 0.509. The minimum Gasteiger partial charge on any atom is -0.768 e. The summed E-state index contributed by atoms with van der Waals surface area (Å²) in [6.45, 7) is 0.278. The van der Waals surface area contributed by atoms with Crippen LogP contribution in [0.3, 0.4) is 0 Å². The van der Waals surface area contributed by atoms with Gasteiger partial charge in [0.25, 0.3) is 5.91 Å². The Bertz CT molecular complexity index is 1130. The number of ether oxygens (including phenoxy) is 1. The van der Waals surface area contributed by atoms with Crippen molar-refractivity contribution in [1.82, 2.24) is 4.98 Å². The summed E-state index contributed by atoms with van der Waals surface area (Å²) in [5.74, 6) is -0.664. The smallest absolute Gasteiger partial charge is 0.417 e. The predicted molar refractivity (Wildman–Crippen MR) is 118 cm³/mol. The van der Waals surface area contributed by atoms with Crippen molar-refractivity contribution in [2.45, 2.75) is 23.6 Å². The number of hydrogen-bond acceptors (Lipinski definition) is 7. The van der Waals surface area contributed by atoms with Crippen LogP contribution in [-0.2, 0) is 22.1 Å². The Labute approximate surface area is 198 Å². The Balaban J connectivity index is 0.000000442. The number of nitrogen functional groups attached to an aromatic ring is 1. The summed E-state index contributed by atoms with van der Waals surface area (Å²) in [7, 11) is 0. The minimum atomic E-state index is -4.63. The third-order valence-electron chi connectivity index (χ3n) is 4.49. The van der Waals surface area contributed by atoms with Crippen LogP contribution in [0.2, 0.25) is 5.02 Å². The third kappa shape index (κ3) is 6.22. The molecule has 0 saturated carbocycles. The van der Waals surface area contributed by atoms with Gasteiger partial charge >= 0.3 is 6.18 Å². The summed E-state index contributed by atoms with van der Waals surface area (Å²) in [4.78, 5) is 17.7. The highest BCUT2D eigenvalue weighted by Crippen LogP contribution is 2.40. The van der Waals surface area contributed by atoms with Crippen LogP contribution < -0.4 is 15.4 Å². The van der Waals surface area contributed by atoms with E-state index in [1.54, 1.807) is 6.20 Å². The number of thiazole rings is 1. The van der Waals surface area contributed by atoms with Crippen LogP contribution >= 0.6 is 22.9 Å². The van der Waals surface area contributed by atoms with E-state index < -0.39 is 39.9 Å². The molecule has 2 aromatic carbocycles. The maximum Gasteiger partial charge on any atom is 0.417 e. The lowest BCUT2D eigenvalue weighted by Gasteiger charge is -2.19. The van der Waals surface area contributed by atoms with Crippen molar-refractivity contribution in [3.63, 3.8) is 0 Å². The van der Waals surface area contributed by atoms with Crippen molar-refractivity contribution >= 4 is 50.7 Å². The van der Waals surface area contributed by atoms with Gasteiger partial charge in [-0.15, -0.1) is 11.3 Å². The molecular weight excluding hydrogens is 503 g/mol. The molecule has 7 nitrogen and oxygen atoms in total.